The van der Waals surface area contributed by atoms with E-state index in [2.05, 4.69) is 5.32 Å². The first-order chi connectivity index (χ1) is 8.82. The van der Waals surface area contributed by atoms with E-state index in [1.165, 1.54) is 0 Å². The molecule has 0 aliphatic heterocycles. The Hall–Kier alpha value is -1.10. The Morgan fingerprint density at radius 1 is 1.32 bits per heavy atom. The van der Waals surface area contributed by atoms with Crippen LogP contribution in [0.15, 0.2) is 0 Å². The second-order valence-electron chi connectivity index (χ2n) is 6.03. The van der Waals surface area contributed by atoms with Gasteiger partial charge in [0.25, 0.3) is 0 Å². The number of hydrogen-bond donors (Lipinski definition) is 3. The fourth-order valence-electron chi connectivity index (χ4n) is 2.38. The maximum Gasteiger partial charge on any atom is 0.306 e. The molecule has 2 unspecified atom stereocenters. The molecule has 1 saturated carbocycles. The van der Waals surface area contributed by atoms with Crippen molar-refractivity contribution in [1.82, 2.24) is 5.32 Å². The lowest BCUT2D eigenvalue weighted by Crippen LogP contribution is -2.50. The van der Waals surface area contributed by atoms with Crippen LogP contribution in [-0.2, 0) is 9.59 Å². The first-order valence-corrected chi connectivity index (χ1v) is 7.13. The van der Waals surface area contributed by atoms with Crippen molar-refractivity contribution in [2.45, 2.75) is 70.4 Å². The molecule has 0 aromatic rings. The SMILES string of the molecule is CC(CCCC(C)C(=O)O)NC(=O)CC1(N)CCC1. The Balaban J connectivity index is 2.14. The third-order valence-corrected chi connectivity index (χ3v) is 3.97. The number of carboxylic acids is 1. The van der Waals surface area contributed by atoms with Crippen LogP contribution in [0.3, 0.4) is 0 Å². The lowest BCUT2D eigenvalue weighted by molar-refractivity contribution is -0.141. The number of carbonyl (C=O) groups is 2. The zero-order valence-corrected chi connectivity index (χ0v) is 11.9. The molecule has 5 nitrogen and oxygen atoms in total. The molecule has 110 valence electrons. The highest BCUT2D eigenvalue weighted by atomic mass is 16.4. The summed E-state index contributed by atoms with van der Waals surface area (Å²) in [6.07, 6.45) is 5.66. The summed E-state index contributed by atoms with van der Waals surface area (Å²) >= 11 is 0. The fraction of sp³-hybridized carbons (Fsp3) is 0.857. The summed E-state index contributed by atoms with van der Waals surface area (Å²) in [6.45, 7) is 3.66. The van der Waals surface area contributed by atoms with Crippen molar-refractivity contribution in [3.63, 3.8) is 0 Å². The zero-order chi connectivity index (χ0) is 14.5. The third-order valence-electron chi connectivity index (χ3n) is 3.97. The highest BCUT2D eigenvalue weighted by molar-refractivity contribution is 5.77. The van der Waals surface area contributed by atoms with Gasteiger partial charge in [0.1, 0.15) is 0 Å². The van der Waals surface area contributed by atoms with E-state index in [0.717, 1.165) is 32.1 Å². The molecule has 19 heavy (non-hydrogen) atoms. The van der Waals surface area contributed by atoms with Gasteiger partial charge in [-0.05, 0) is 39.0 Å². The van der Waals surface area contributed by atoms with Crippen molar-refractivity contribution in [3.8, 4) is 0 Å². The normalized spacial score (nSPS) is 20.2. The van der Waals surface area contributed by atoms with Gasteiger partial charge in [0.2, 0.25) is 5.91 Å². The number of carbonyl (C=O) groups excluding carboxylic acids is 1. The summed E-state index contributed by atoms with van der Waals surface area (Å²) in [6, 6.07) is 0.0807. The Morgan fingerprint density at radius 2 is 1.95 bits per heavy atom. The molecule has 0 aromatic carbocycles. The standard InChI is InChI=1S/C14H26N2O3/c1-10(13(18)19)5-3-6-11(2)16-12(17)9-14(15)7-4-8-14/h10-11H,3-9,15H2,1-2H3,(H,16,17)(H,18,19). The van der Waals surface area contributed by atoms with Gasteiger partial charge in [0, 0.05) is 18.0 Å². The van der Waals surface area contributed by atoms with E-state index in [1.54, 1.807) is 6.92 Å². The van der Waals surface area contributed by atoms with Crippen LogP contribution >= 0.6 is 0 Å². The van der Waals surface area contributed by atoms with Crippen LogP contribution in [0.2, 0.25) is 0 Å². The lowest BCUT2D eigenvalue weighted by Gasteiger charge is -2.37. The maximum absolute atomic E-state index is 11.8. The van der Waals surface area contributed by atoms with Gasteiger partial charge in [-0.1, -0.05) is 13.3 Å². The molecule has 0 heterocycles. The molecule has 4 N–H and O–H groups in total. The van der Waals surface area contributed by atoms with E-state index in [1.807, 2.05) is 6.92 Å². The van der Waals surface area contributed by atoms with Crippen molar-refractivity contribution in [2.75, 3.05) is 0 Å². The number of hydrogen-bond acceptors (Lipinski definition) is 3. The maximum atomic E-state index is 11.8. The van der Waals surface area contributed by atoms with E-state index < -0.39 is 5.97 Å². The number of nitrogens with two attached hydrogens (primary N) is 1. The number of amides is 1. The van der Waals surface area contributed by atoms with E-state index in [-0.39, 0.29) is 23.4 Å². The lowest BCUT2D eigenvalue weighted by atomic mass is 9.75. The molecular formula is C14H26N2O3. The van der Waals surface area contributed by atoms with Gasteiger partial charge >= 0.3 is 5.97 Å². The summed E-state index contributed by atoms with van der Waals surface area (Å²) < 4.78 is 0. The Bertz CT molecular complexity index is 327. The first kappa shape index (κ1) is 16.0. The number of aliphatic carboxylic acids is 1. The molecule has 1 amide bonds. The number of carboxylic acid groups (broad SMARTS) is 1. The highest BCUT2D eigenvalue weighted by Crippen LogP contribution is 2.31. The number of nitrogens with one attached hydrogen (secondary N) is 1. The second kappa shape index (κ2) is 6.89. The number of rotatable bonds is 8. The molecule has 0 saturated heterocycles. The molecule has 0 radical (unpaired) electrons. The molecular weight excluding hydrogens is 244 g/mol. The van der Waals surface area contributed by atoms with Gasteiger partial charge in [-0.2, -0.15) is 0 Å². The average Bonchev–Trinajstić information content (AvgIpc) is 2.26. The predicted octanol–water partition coefficient (Wildman–Crippen LogP) is 1.65. The molecule has 5 heteroatoms. The first-order valence-electron chi connectivity index (χ1n) is 7.13. The van der Waals surface area contributed by atoms with Crippen molar-refractivity contribution >= 4 is 11.9 Å². The van der Waals surface area contributed by atoms with E-state index in [0.29, 0.717) is 12.8 Å². The molecule has 0 aromatic heterocycles. The van der Waals surface area contributed by atoms with Crippen LogP contribution in [0.25, 0.3) is 0 Å². The van der Waals surface area contributed by atoms with Crippen LogP contribution in [0.1, 0.15) is 58.8 Å². The fourth-order valence-corrected chi connectivity index (χ4v) is 2.38. The zero-order valence-electron chi connectivity index (χ0n) is 11.9. The molecule has 2 atom stereocenters. The summed E-state index contributed by atoms with van der Waals surface area (Å²) in [5.41, 5.74) is 5.75. The van der Waals surface area contributed by atoms with Crippen LogP contribution in [0.4, 0.5) is 0 Å². The average molecular weight is 270 g/mol. The second-order valence-corrected chi connectivity index (χ2v) is 6.03. The van der Waals surface area contributed by atoms with E-state index >= 15 is 0 Å². The summed E-state index contributed by atoms with van der Waals surface area (Å²) in [7, 11) is 0. The Labute approximate surface area is 114 Å². The van der Waals surface area contributed by atoms with Gasteiger partial charge in [-0.25, -0.2) is 0 Å². The highest BCUT2D eigenvalue weighted by Gasteiger charge is 2.34. The molecule has 1 rings (SSSR count). The smallest absolute Gasteiger partial charge is 0.306 e. The van der Waals surface area contributed by atoms with Crippen LogP contribution < -0.4 is 11.1 Å². The Kier molecular flexibility index (Phi) is 5.79. The van der Waals surface area contributed by atoms with Crippen LogP contribution in [-0.4, -0.2) is 28.6 Å². The molecule has 0 spiro atoms. The largest absolute Gasteiger partial charge is 0.481 e. The van der Waals surface area contributed by atoms with Crippen LogP contribution in [0, 0.1) is 5.92 Å². The van der Waals surface area contributed by atoms with Crippen molar-refractivity contribution in [1.29, 1.82) is 0 Å². The molecule has 1 aliphatic carbocycles. The summed E-state index contributed by atoms with van der Waals surface area (Å²) in [4.78, 5) is 22.4. The van der Waals surface area contributed by atoms with Crippen molar-refractivity contribution in [3.05, 3.63) is 0 Å². The van der Waals surface area contributed by atoms with Gasteiger partial charge in [0.15, 0.2) is 0 Å². The third kappa shape index (κ3) is 5.59. The van der Waals surface area contributed by atoms with Crippen LogP contribution in [0.5, 0.6) is 0 Å². The monoisotopic (exact) mass is 270 g/mol. The molecule has 1 fully saturated rings. The van der Waals surface area contributed by atoms with Crippen molar-refractivity contribution in [2.24, 2.45) is 11.7 Å². The predicted molar refractivity (Wildman–Crippen MR) is 73.6 cm³/mol. The topological polar surface area (TPSA) is 92.4 Å². The minimum atomic E-state index is -0.758. The summed E-state index contributed by atoms with van der Waals surface area (Å²) in [5, 5.41) is 11.7. The quantitative estimate of drug-likeness (QED) is 0.625. The van der Waals surface area contributed by atoms with Gasteiger partial charge in [0.05, 0.1) is 5.92 Å². The van der Waals surface area contributed by atoms with Gasteiger partial charge in [-0.3, -0.25) is 9.59 Å². The summed E-state index contributed by atoms with van der Waals surface area (Å²) in [5.74, 6) is -1.06. The van der Waals surface area contributed by atoms with Crippen molar-refractivity contribution < 1.29 is 14.7 Å². The van der Waals surface area contributed by atoms with Gasteiger partial charge in [-0.15, -0.1) is 0 Å². The molecule has 0 bridgehead atoms. The minimum absolute atomic E-state index is 0.0148. The van der Waals surface area contributed by atoms with Gasteiger partial charge < -0.3 is 16.2 Å². The Morgan fingerprint density at radius 3 is 2.42 bits per heavy atom. The molecule has 1 aliphatic rings. The van der Waals surface area contributed by atoms with E-state index in [9.17, 15) is 9.59 Å². The minimum Gasteiger partial charge on any atom is -0.481 e. The van der Waals surface area contributed by atoms with E-state index in [4.69, 9.17) is 10.8 Å².